The fourth-order valence-electron chi connectivity index (χ4n) is 6.90. The van der Waals surface area contributed by atoms with E-state index >= 15 is 0 Å². The number of anilines is 2. The van der Waals surface area contributed by atoms with Crippen LogP contribution in [0.25, 0.3) is 11.2 Å². The number of esters is 1. The number of imidazole rings is 1. The van der Waals surface area contributed by atoms with Crippen LogP contribution in [0.15, 0.2) is 36.7 Å². The van der Waals surface area contributed by atoms with Gasteiger partial charge in [0.1, 0.15) is 11.8 Å². The van der Waals surface area contributed by atoms with Crippen LogP contribution in [0.2, 0.25) is 0 Å². The van der Waals surface area contributed by atoms with E-state index in [1.807, 2.05) is 6.07 Å². The molecule has 0 radical (unpaired) electrons. The molecule has 218 valence electrons. The number of methoxy groups -OCH3 is 1. The Hall–Kier alpha value is -3.25. The lowest BCUT2D eigenvalue weighted by atomic mass is 9.78. The Morgan fingerprint density at radius 3 is 2.78 bits per heavy atom. The second-order valence-electron chi connectivity index (χ2n) is 11.4. The van der Waals surface area contributed by atoms with Crippen molar-refractivity contribution in [3.05, 3.63) is 36.7 Å². The maximum absolute atomic E-state index is 14.0. The number of nitrogens with one attached hydrogen (secondary N) is 2. The van der Waals surface area contributed by atoms with E-state index in [9.17, 15) is 9.36 Å². The summed E-state index contributed by atoms with van der Waals surface area (Å²) in [6.45, 7) is 2.33. The molecule has 3 aliphatic carbocycles. The summed E-state index contributed by atoms with van der Waals surface area (Å²) >= 11 is 0. The first-order valence-corrected chi connectivity index (χ1v) is 15.6. The van der Waals surface area contributed by atoms with E-state index in [0.717, 1.165) is 19.3 Å². The van der Waals surface area contributed by atoms with E-state index < -0.39 is 19.8 Å². The minimum Gasteiger partial charge on any atom is -0.468 e. The van der Waals surface area contributed by atoms with E-state index in [2.05, 4.69) is 29.9 Å². The molecule has 3 aromatic rings. The number of nitrogen functional groups attached to an aromatic ring is 1. The zero-order chi connectivity index (χ0) is 28.3. The average molecular weight is 584 g/mol. The number of para-hydroxylation sites is 1. The fourth-order valence-corrected chi connectivity index (χ4v) is 8.43. The van der Waals surface area contributed by atoms with Crippen LogP contribution >= 0.6 is 7.75 Å². The third-order valence-corrected chi connectivity index (χ3v) is 10.5. The number of benzene rings is 1. The van der Waals surface area contributed by atoms with Crippen molar-refractivity contribution >= 4 is 36.6 Å². The maximum Gasteiger partial charge on any atom is 0.459 e. The Balaban J connectivity index is 1.15. The van der Waals surface area contributed by atoms with Gasteiger partial charge in [-0.05, 0) is 62.0 Å². The quantitative estimate of drug-likeness (QED) is 0.223. The van der Waals surface area contributed by atoms with Crippen LogP contribution < -0.4 is 20.7 Å². The van der Waals surface area contributed by atoms with Crippen molar-refractivity contribution in [1.29, 1.82) is 0 Å². The summed E-state index contributed by atoms with van der Waals surface area (Å²) in [6.07, 6.45) is 4.99. The summed E-state index contributed by atoms with van der Waals surface area (Å²) in [5, 5.41) is 6.17. The highest BCUT2D eigenvalue weighted by Gasteiger charge is 2.63. The summed E-state index contributed by atoms with van der Waals surface area (Å²) in [5.41, 5.74) is 7.49. The van der Waals surface area contributed by atoms with E-state index in [0.29, 0.717) is 41.3 Å². The lowest BCUT2D eigenvalue weighted by Gasteiger charge is -2.34. The molecule has 1 aromatic carbocycles. The van der Waals surface area contributed by atoms with Crippen molar-refractivity contribution in [2.75, 3.05) is 31.4 Å². The Morgan fingerprint density at radius 1 is 1.22 bits per heavy atom. The highest BCUT2D eigenvalue weighted by atomic mass is 31.2. The largest absolute Gasteiger partial charge is 0.468 e. The molecule has 7 rings (SSSR count). The van der Waals surface area contributed by atoms with Crippen LogP contribution in [0.5, 0.6) is 5.75 Å². The molecule has 1 aliphatic heterocycles. The molecule has 4 aliphatic rings. The summed E-state index contributed by atoms with van der Waals surface area (Å²) in [7, 11) is -2.68. The number of carbonyl (C=O) groups excluding carboxylic acids is 1. The first-order chi connectivity index (χ1) is 19.8. The Labute approximate surface area is 237 Å². The smallest absolute Gasteiger partial charge is 0.459 e. The van der Waals surface area contributed by atoms with Gasteiger partial charge in [0, 0.05) is 6.04 Å². The van der Waals surface area contributed by atoms with E-state index in [1.54, 1.807) is 37.5 Å². The van der Waals surface area contributed by atoms with Crippen molar-refractivity contribution in [3.8, 4) is 5.75 Å². The number of hydrogen-bond donors (Lipinski definition) is 3. The van der Waals surface area contributed by atoms with Crippen LogP contribution in [0.4, 0.5) is 11.8 Å². The van der Waals surface area contributed by atoms with Crippen LogP contribution in [0, 0.1) is 23.7 Å². The molecule has 4 N–H and O–H groups in total. The third-order valence-electron chi connectivity index (χ3n) is 8.86. The van der Waals surface area contributed by atoms with Gasteiger partial charge in [0.05, 0.1) is 38.8 Å². The monoisotopic (exact) mass is 583 g/mol. The summed E-state index contributed by atoms with van der Waals surface area (Å²) in [6, 6.07) is 8.22. The van der Waals surface area contributed by atoms with Gasteiger partial charge in [0.15, 0.2) is 17.0 Å². The molecular formula is C27H34N7O6P. The van der Waals surface area contributed by atoms with Crippen LogP contribution in [-0.4, -0.2) is 64.0 Å². The van der Waals surface area contributed by atoms with Crippen LogP contribution in [-0.2, 0) is 23.4 Å². The number of carbonyl (C=O) groups is 1. The molecule has 0 spiro atoms. The number of rotatable bonds is 11. The number of hydrogen-bond acceptors (Lipinski definition) is 11. The van der Waals surface area contributed by atoms with Gasteiger partial charge in [-0.3, -0.25) is 9.32 Å². The summed E-state index contributed by atoms with van der Waals surface area (Å²) in [4.78, 5) is 25.8. The van der Waals surface area contributed by atoms with Crippen LogP contribution in [0.3, 0.4) is 0 Å². The van der Waals surface area contributed by atoms with Gasteiger partial charge < -0.3 is 29.6 Å². The molecule has 8 atom stereocenters. The van der Waals surface area contributed by atoms with Gasteiger partial charge in [-0.1, -0.05) is 18.2 Å². The molecule has 4 fully saturated rings. The van der Waals surface area contributed by atoms with Crippen molar-refractivity contribution in [3.63, 3.8) is 0 Å². The fraction of sp³-hybridized carbons (Fsp3) is 0.556. The predicted octanol–water partition coefficient (Wildman–Crippen LogP) is 3.16. The summed E-state index contributed by atoms with van der Waals surface area (Å²) < 4.78 is 39.2. The van der Waals surface area contributed by atoms with Crippen molar-refractivity contribution in [1.82, 2.24) is 24.6 Å². The minimum absolute atomic E-state index is 0.0273. The normalized spacial score (nSPS) is 30.3. The average Bonchev–Trinajstić information content (AvgIpc) is 3.26. The maximum atomic E-state index is 14.0. The van der Waals surface area contributed by atoms with Crippen molar-refractivity contribution in [2.24, 2.45) is 23.7 Å². The highest BCUT2D eigenvalue weighted by Crippen LogP contribution is 2.62. The zero-order valence-corrected chi connectivity index (χ0v) is 23.8. The number of ether oxygens (including phenoxy) is 2. The lowest BCUT2D eigenvalue weighted by molar-refractivity contribution is -0.142. The van der Waals surface area contributed by atoms with E-state index in [1.165, 1.54) is 7.11 Å². The number of nitrogens with two attached hydrogens (primary N) is 1. The summed E-state index contributed by atoms with van der Waals surface area (Å²) in [5.74, 6) is 1.49. The molecule has 3 saturated carbocycles. The van der Waals surface area contributed by atoms with Gasteiger partial charge in [-0.2, -0.15) is 15.1 Å². The van der Waals surface area contributed by atoms with Crippen molar-refractivity contribution < 1.29 is 27.9 Å². The molecule has 0 amide bonds. The van der Waals surface area contributed by atoms with E-state index in [4.69, 9.17) is 24.3 Å². The van der Waals surface area contributed by atoms with E-state index in [-0.39, 0.29) is 42.5 Å². The Morgan fingerprint density at radius 2 is 2.02 bits per heavy atom. The standard InChI is InChI=1S/C27H34N7O6P/c1-14(26(35)37-2)33-41(36,40-16-6-4-3-5-7-16)39-12-20-17-10-18-19(20)11-38-23(18)22(17)34-13-29-21-24(30-15-8-9-15)31-27(28)32-25(21)34/h3-7,13-15,17-20,22-23H,8-12H2,1-2H3,(H,33,36)(H3,28,30,31,32)/t14-,17?,18?,19?,20?,22?,23?,41?/m0/s1. The molecule has 3 heterocycles. The van der Waals surface area contributed by atoms with Crippen molar-refractivity contribution in [2.45, 2.75) is 50.4 Å². The van der Waals surface area contributed by atoms with Gasteiger partial charge in [0.25, 0.3) is 0 Å². The molecule has 13 nitrogen and oxygen atoms in total. The van der Waals surface area contributed by atoms with Gasteiger partial charge in [0.2, 0.25) is 5.95 Å². The highest BCUT2D eigenvalue weighted by molar-refractivity contribution is 7.52. The number of fused-ring (bicyclic) bond motifs is 2. The van der Waals surface area contributed by atoms with Gasteiger partial charge in [-0.25, -0.2) is 9.55 Å². The molecule has 7 unspecified atom stereocenters. The molecular weight excluding hydrogens is 549 g/mol. The first-order valence-electron chi connectivity index (χ1n) is 14.1. The SMILES string of the molecule is COC(=O)[C@H](C)NP(=O)(OCC1C2COC3C2CC1C3n1cnc2c(NC3CC3)nc(N)nc21)Oc1ccccc1. The Kier molecular flexibility index (Phi) is 6.65. The molecule has 2 aromatic heterocycles. The van der Waals surface area contributed by atoms with Crippen LogP contribution in [0.1, 0.15) is 32.2 Å². The minimum atomic E-state index is -3.96. The molecule has 2 bridgehead atoms. The molecule has 1 saturated heterocycles. The van der Waals surface area contributed by atoms with Gasteiger partial charge >= 0.3 is 13.7 Å². The Bertz CT molecular complexity index is 1500. The second kappa shape index (κ2) is 10.2. The zero-order valence-electron chi connectivity index (χ0n) is 22.9. The topological polar surface area (TPSA) is 165 Å². The molecule has 41 heavy (non-hydrogen) atoms. The first kappa shape index (κ1) is 26.6. The molecule has 14 heteroatoms. The predicted molar refractivity (Wildman–Crippen MR) is 149 cm³/mol. The number of nitrogens with zero attached hydrogens (tertiary/aromatic N) is 4. The number of aromatic nitrogens is 4. The van der Waals surface area contributed by atoms with Gasteiger partial charge in [-0.15, -0.1) is 0 Å². The third kappa shape index (κ3) is 4.84. The lowest BCUT2D eigenvalue weighted by Crippen LogP contribution is -2.38. The second-order valence-corrected chi connectivity index (χ2v) is 13.1.